The van der Waals surface area contributed by atoms with Gasteiger partial charge in [0.1, 0.15) is 11.8 Å². The second-order valence-corrected chi connectivity index (χ2v) is 6.28. The Hall–Kier alpha value is -3.07. The minimum Gasteiger partial charge on any atom is -0.478 e. The van der Waals surface area contributed by atoms with Crippen molar-refractivity contribution in [2.24, 2.45) is 0 Å². The Morgan fingerprint density at radius 3 is 2.36 bits per heavy atom. The lowest BCUT2D eigenvalue weighted by Crippen LogP contribution is -2.49. The highest BCUT2D eigenvalue weighted by Crippen LogP contribution is 2.29. The van der Waals surface area contributed by atoms with Crippen molar-refractivity contribution in [3.63, 3.8) is 0 Å². The Morgan fingerprint density at radius 1 is 1.14 bits per heavy atom. The average Bonchev–Trinajstić information content (AvgIpc) is 2.62. The molecule has 9 heteroatoms. The first-order valence-corrected chi connectivity index (χ1v) is 8.42. The highest BCUT2D eigenvalue weighted by atomic mass is 19.4. The molecule has 1 heterocycles. The lowest BCUT2D eigenvalue weighted by molar-refractivity contribution is -0.274. The van der Waals surface area contributed by atoms with Crippen LogP contribution >= 0.6 is 0 Å². The number of amides is 1. The molecule has 2 aromatic rings. The number of carbonyl (C=O) groups is 2. The Morgan fingerprint density at radius 2 is 1.79 bits per heavy atom. The van der Waals surface area contributed by atoms with E-state index in [1.807, 2.05) is 4.90 Å². The van der Waals surface area contributed by atoms with Crippen LogP contribution in [0.3, 0.4) is 0 Å². The topological polar surface area (TPSA) is 78.9 Å². The van der Waals surface area contributed by atoms with Crippen molar-refractivity contribution in [1.29, 1.82) is 0 Å². The van der Waals surface area contributed by atoms with Gasteiger partial charge in [0.25, 0.3) is 0 Å². The summed E-state index contributed by atoms with van der Waals surface area (Å²) in [5, 5.41) is 11.7. The van der Waals surface area contributed by atoms with E-state index in [1.165, 1.54) is 36.4 Å². The summed E-state index contributed by atoms with van der Waals surface area (Å²) >= 11 is 0. The summed E-state index contributed by atoms with van der Waals surface area (Å²) in [7, 11) is 0. The van der Waals surface area contributed by atoms with E-state index in [9.17, 15) is 22.8 Å². The molecular weight excluding hydrogens is 377 g/mol. The Labute approximate surface area is 158 Å². The van der Waals surface area contributed by atoms with E-state index in [1.54, 1.807) is 12.1 Å². The van der Waals surface area contributed by atoms with Gasteiger partial charge in [-0.25, -0.2) is 4.79 Å². The number of halogens is 3. The van der Waals surface area contributed by atoms with Crippen molar-refractivity contribution in [1.82, 2.24) is 10.2 Å². The van der Waals surface area contributed by atoms with Crippen LogP contribution in [0.5, 0.6) is 5.75 Å². The van der Waals surface area contributed by atoms with E-state index < -0.39 is 18.4 Å². The number of piperazine rings is 1. The van der Waals surface area contributed by atoms with Crippen LogP contribution in [-0.2, 0) is 11.3 Å². The van der Waals surface area contributed by atoms with Crippen molar-refractivity contribution < 1.29 is 32.6 Å². The zero-order valence-electron chi connectivity index (χ0n) is 14.6. The number of rotatable bonds is 5. The van der Waals surface area contributed by atoms with Crippen molar-refractivity contribution in [2.75, 3.05) is 13.1 Å². The minimum absolute atomic E-state index is 0.164. The fourth-order valence-corrected chi connectivity index (χ4v) is 3.09. The number of alkyl halides is 3. The van der Waals surface area contributed by atoms with Gasteiger partial charge < -0.3 is 15.2 Å². The number of hydrogen-bond donors (Lipinski definition) is 2. The molecule has 1 fully saturated rings. The molecule has 1 unspecified atom stereocenters. The third-order valence-electron chi connectivity index (χ3n) is 4.33. The molecular formula is C19H17F3N2O4. The summed E-state index contributed by atoms with van der Waals surface area (Å²) in [6, 6.07) is 10.8. The van der Waals surface area contributed by atoms with Crippen molar-refractivity contribution in [2.45, 2.75) is 18.9 Å². The Kier molecular flexibility index (Phi) is 5.55. The summed E-state index contributed by atoms with van der Waals surface area (Å²) in [5.74, 6) is -1.64. The number of carboxylic acids is 1. The van der Waals surface area contributed by atoms with Gasteiger partial charge in [0.05, 0.1) is 5.56 Å². The van der Waals surface area contributed by atoms with Crippen molar-refractivity contribution in [3.05, 3.63) is 65.2 Å². The number of nitrogens with one attached hydrogen (secondary N) is 1. The molecule has 1 saturated heterocycles. The van der Waals surface area contributed by atoms with E-state index in [4.69, 9.17) is 5.11 Å². The van der Waals surface area contributed by atoms with E-state index in [0.29, 0.717) is 25.2 Å². The maximum absolute atomic E-state index is 12.4. The summed E-state index contributed by atoms with van der Waals surface area (Å²) in [6.07, 6.45) is -4.78. The van der Waals surface area contributed by atoms with E-state index in [2.05, 4.69) is 10.1 Å². The molecule has 0 bridgehead atoms. The molecule has 3 rings (SSSR count). The fourth-order valence-electron chi connectivity index (χ4n) is 3.09. The Bertz CT molecular complexity index is 851. The standard InChI is InChI=1S/C19H17F3N2O4/c20-19(21,22)28-15-7-5-13(6-8-15)16-17(25)23-9-10-24(16)11-12-1-3-14(4-2-12)18(26)27/h1-8,16H,9-11H2,(H,23,25)(H,26,27). The van der Waals surface area contributed by atoms with Crippen LogP contribution in [0.1, 0.15) is 27.5 Å². The first kappa shape index (κ1) is 19.7. The summed E-state index contributed by atoms with van der Waals surface area (Å²) in [5.41, 5.74) is 1.52. The van der Waals surface area contributed by atoms with Gasteiger partial charge in [-0.2, -0.15) is 0 Å². The maximum atomic E-state index is 12.4. The van der Waals surface area contributed by atoms with Crippen LogP contribution in [0, 0.1) is 0 Å². The number of nitrogens with zero attached hydrogens (tertiary/aromatic N) is 1. The lowest BCUT2D eigenvalue weighted by atomic mass is 10.0. The van der Waals surface area contributed by atoms with Crippen LogP contribution in [-0.4, -0.2) is 41.3 Å². The third kappa shape index (κ3) is 4.80. The van der Waals surface area contributed by atoms with Gasteiger partial charge in [0.2, 0.25) is 5.91 Å². The molecule has 0 aliphatic carbocycles. The van der Waals surface area contributed by atoms with Crippen LogP contribution in [0.4, 0.5) is 13.2 Å². The molecule has 1 aliphatic rings. The van der Waals surface area contributed by atoms with Gasteiger partial charge in [-0.1, -0.05) is 24.3 Å². The summed E-state index contributed by atoms with van der Waals surface area (Å²) in [6.45, 7) is 1.37. The average molecular weight is 394 g/mol. The fraction of sp³-hybridized carbons (Fsp3) is 0.263. The van der Waals surface area contributed by atoms with Gasteiger partial charge in [-0.15, -0.1) is 13.2 Å². The first-order valence-electron chi connectivity index (χ1n) is 8.42. The molecule has 1 atom stereocenters. The quantitative estimate of drug-likeness (QED) is 0.815. The van der Waals surface area contributed by atoms with Gasteiger partial charge in [0.15, 0.2) is 0 Å². The number of aromatic carboxylic acids is 1. The van der Waals surface area contributed by atoms with Crippen molar-refractivity contribution >= 4 is 11.9 Å². The van der Waals surface area contributed by atoms with Crippen LogP contribution < -0.4 is 10.1 Å². The second kappa shape index (κ2) is 7.89. The SMILES string of the molecule is O=C(O)c1ccc(CN2CCNC(=O)C2c2ccc(OC(F)(F)F)cc2)cc1. The highest BCUT2D eigenvalue weighted by Gasteiger charge is 2.33. The van der Waals surface area contributed by atoms with E-state index in [-0.39, 0.29) is 17.2 Å². The summed E-state index contributed by atoms with van der Waals surface area (Å²) in [4.78, 5) is 25.2. The molecule has 0 radical (unpaired) electrons. The number of benzene rings is 2. The number of hydrogen-bond acceptors (Lipinski definition) is 4. The zero-order chi connectivity index (χ0) is 20.3. The third-order valence-corrected chi connectivity index (χ3v) is 4.33. The molecule has 0 aromatic heterocycles. The predicted octanol–water partition coefficient (Wildman–Crippen LogP) is 2.96. The zero-order valence-corrected chi connectivity index (χ0v) is 14.6. The second-order valence-electron chi connectivity index (χ2n) is 6.28. The minimum atomic E-state index is -4.78. The van der Waals surface area contributed by atoms with E-state index >= 15 is 0 Å². The van der Waals surface area contributed by atoms with Gasteiger partial charge >= 0.3 is 12.3 Å². The molecule has 148 valence electrons. The normalized spacial score (nSPS) is 17.8. The molecule has 1 aliphatic heterocycles. The molecule has 2 N–H and O–H groups in total. The van der Waals surface area contributed by atoms with E-state index in [0.717, 1.165) is 5.56 Å². The lowest BCUT2D eigenvalue weighted by Gasteiger charge is -2.35. The molecule has 0 saturated carbocycles. The van der Waals surface area contributed by atoms with Gasteiger partial charge in [-0.3, -0.25) is 9.69 Å². The number of carbonyl (C=O) groups excluding carboxylic acids is 1. The van der Waals surface area contributed by atoms with Crippen LogP contribution in [0.25, 0.3) is 0 Å². The molecule has 2 aromatic carbocycles. The van der Waals surface area contributed by atoms with Crippen LogP contribution in [0.15, 0.2) is 48.5 Å². The number of carboxylic acid groups (broad SMARTS) is 1. The molecule has 28 heavy (non-hydrogen) atoms. The predicted molar refractivity (Wildman–Crippen MR) is 92.7 cm³/mol. The molecule has 6 nitrogen and oxygen atoms in total. The number of ether oxygens (including phenoxy) is 1. The Balaban J connectivity index is 1.78. The maximum Gasteiger partial charge on any atom is 0.573 e. The first-order chi connectivity index (χ1) is 13.2. The molecule has 0 spiro atoms. The van der Waals surface area contributed by atoms with Gasteiger partial charge in [-0.05, 0) is 35.4 Å². The van der Waals surface area contributed by atoms with Gasteiger partial charge in [0, 0.05) is 19.6 Å². The van der Waals surface area contributed by atoms with Crippen LogP contribution in [0.2, 0.25) is 0 Å². The highest BCUT2D eigenvalue weighted by molar-refractivity contribution is 5.87. The smallest absolute Gasteiger partial charge is 0.478 e. The largest absolute Gasteiger partial charge is 0.573 e. The molecule has 1 amide bonds. The monoisotopic (exact) mass is 394 g/mol. The summed E-state index contributed by atoms with van der Waals surface area (Å²) < 4.78 is 40.8. The van der Waals surface area contributed by atoms with Crippen molar-refractivity contribution in [3.8, 4) is 5.75 Å².